The number of carbonyl (C=O) groups excluding carboxylic acids is 2. The van der Waals surface area contributed by atoms with Crippen LogP contribution in [0.5, 0.6) is 0 Å². The quantitative estimate of drug-likeness (QED) is 0.672. The van der Waals surface area contributed by atoms with Crippen LogP contribution < -0.4 is 0 Å². The van der Waals surface area contributed by atoms with E-state index in [2.05, 4.69) is 6.92 Å². The number of Topliss-reactive ketones (excluding diaryl/α,β-unsaturated/α-hetero) is 1. The maximum Gasteiger partial charge on any atom is 0.303 e. The number of hydrogen-bond acceptors (Lipinski definition) is 3. The van der Waals surface area contributed by atoms with E-state index in [0.717, 1.165) is 32.1 Å². The van der Waals surface area contributed by atoms with Crippen molar-refractivity contribution in [3.05, 3.63) is 0 Å². The third-order valence-corrected chi connectivity index (χ3v) is 2.95. The van der Waals surface area contributed by atoms with E-state index >= 15 is 0 Å². The Labute approximate surface area is 91.2 Å². The van der Waals surface area contributed by atoms with Crippen molar-refractivity contribution in [2.24, 2.45) is 5.92 Å². The monoisotopic (exact) mass is 212 g/mol. The average Bonchev–Trinajstić information content (AvgIpc) is 2.19. The topological polar surface area (TPSA) is 43.4 Å². The lowest BCUT2D eigenvalue weighted by Crippen LogP contribution is -2.35. The molecule has 1 aliphatic rings. The molecule has 1 fully saturated rings. The molecule has 3 nitrogen and oxygen atoms in total. The second kappa shape index (κ2) is 5.89. The van der Waals surface area contributed by atoms with Gasteiger partial charge < -0.3 is 4.74 Å². The second-order valence-electron chi connectivity index (χ2n) is 4.27. The van der Waals surface area contributed by atoms with Crippen LogP contribution in [0, 0.1) is 5.92 Å². The van der Waals surface area contributed by atoms with Gasteiger partial charge in [0.2, 0.25) is 0 Å². The molecule has 1 saturated carbocycles. The molecule has 1 rings (SSSR count). The number of ether oxygens (including phenoxy) is 1. The smallest absolute Gasteiger partial charge is 0.303 e. The van der Waals surface area contributed by atoms with Crippen LogP contribution in [0.25, 0.3) is 0 Å². The minimum absolute atomic E-state index is 0.128. The van der Waals surface area contributed by atoms with Crippen molar-refractivity contribution in [1.82, 2.24) is 0 Å². The van der Waals surface area contributed by atoms with Crippen molar-refractivity contribution < 1.29 is 14.3 Å². The molecule has 0 aromatic rings. The summed E-state index contributed by atoms with van der Waals surface area (Å²) in [7, 11) is 0. The fraction of sp³-hybridized carbons (Fsp3) is 0.833. The van der Waals surface area contributed by atoms with E-state index in [-0.39, 0.29) is 17.7 Å². The zero-order chi connectivity index (χ0) is 11.3. The molecule has 0 aliphatic heterocycles. The summed E-state index contributed by atoms with van der Waals surface area (Å²) in [6, 6.07) is 0. The highest BCUT2D eigenvalue weighted by molar-refractivity contribution is 5.87. The van der Waals surface area contributed by atoms with Crippen molar-refractivity contribution in [2.45, 2.75) is 58.5 Å². The van der Waals surface area contributed by atoms with Gasteiger partial charge in [0.05, 0.1) is 0 Å². The Hall–Kier alpha value is -0.860. The van der Waals surface area contributed by atoms with E-state index in [0.29, 0.717) is 6.42 Å². The summed E-state index contributed by atoms with van der Waals surface area (Å²) in [5.41, 5.74) is 0. The number of unbranched alkanes of at least 4 members (excludes halogenated alkanes) is 1. The van der Waals surface area contributed by atoms with Crippen molar-refractivity contribution in [3.63, 3.8) is 0 Å². The highest BCUT2D eigenvalue weighted by Crippen LogP contribution is 2.27. The van der Waals surface area contributed by atoms with Crippen LogP contribution in [0.2, 0.25) is 0 Å². The molecule has 15 heavy (non-hydrogen) atoms. The van der Waals surface area contributed by atoms with Gasteiger partial charge in [-0.25, -0.2) is 0 Å². The molecular formula is C12H20O3. The predicted octanol–water partition coefficient (Wildman–Crippen LogP) is 2.48. The highest BCUT2D eigenvalue weighted by atomic mass is 16.5. The molecule has 1 aliphatic carbocycles. The lowest BCUT2D eigenvalue weighted by Gasteiger charge is -2.27. The molecule has 0 spiro atoms. The molecule has 0 saturated heterocycles. The number of carbonyl (C=O) groups is 2. The number of ketones is 1. The summed E-state index contributed by atoms with van der Waals surface area (Å²) >= 11 is 0. The van der Waals surface area contributed by atoms with Gasteiger partial charge in [-0.3, -0.25) is 9.59 Å². The van der Waals surface area contributed by atoms with Gasteiger partial charge in [-0.2, -0.15) is 0 Å². The number of rotatable bonds is 4. The third-order valence-electron chi connectivity index (χ3n) is 2.95. The van der Waals surface area contributed by atoms with Gasteiger partial charge in [-0.05, 0) is 25.7 Å². The third kappa shape index (κ3) is 3.65. The molecule has 0 heterocycles. The molecule has 0 amide bonds. The number of hydrogen-bond donors (Lipinski definition) is 0. The molecule has 86 valence electrons. The van der Waals surface area contributed by atoms with Gasteiger partial charge in [-0.15, -0.1) is 0 Å². The van der Waals surface area contributed by atoms with Gasteiger partial charge in [0.1, 0.15) is 0 Å². The Balaban J connectivity index is 2.47. The second-order valence-corrected chi connectivity index (χ2v) is 4.27. The first kappa shape index (κ1) is 12.2. The van der Waals surface area contributed by atoms with E-state index in [1.54, 1.807) is 0 Å². The fourth-order valence-electron chi connectivity index (χ4n) is 2.15. The molecule has 0 N–H and O–H groups in total. The molecule has 0 bridgehead atoms. The Morgan fingerprint density at radius 3 is 2.80 bits per heavy atom. The molecular weight excluding hydrogens is 192 g/mol. The molecule has 2 atom stereocenters. The van der Waals surface area contributed by atoms with Crippen molar-refractivity contribution in [3.8, 4) is 0 Å². The highest BCUT2D eigenvalue weighted by Gasteiger charge is 2.32. The summed E-state index contributed by atoms with van der Waals surface area (Å²) in [5, 5.41) is 0. The van der Waals surface area contributed by atoms with E-state index in [1.807, 2.05) is 0 Å². The molecule has 0 aromatic carbocycles. The lowest BCUT2D eigenvalue weighted by molar-refractivity contribution is -0.156. The normalized spacial score (nSPS) is 26.4. The molecule has 3 heteroatoms. The lowest BCUT2D eigenvalue weighted by atomic mass is 9.83. The van der Waals surface area contributed by atoms with Crippen molar-refractivity contribution >= 4 is 11.8 Å². The minimum Gasteiger partial charge on any atom is -0.455 e. The Kier molecular flexibility index (Phi) is 4.79. The van der Waals surface area contributed by atoms with Crippen LogP contribution >= 0.6 is 0 Å². The number of esters is 1. The maximum atomic E-state index is 11.9. The molecule has 0 unspecified atom stereocenters. The molecule has 0 radical (unpaired) electrons. The van der Waals surface area contributed by atoms with Crippen LogP contribution in [-0.4, -0.2) is 17.9 Å². The van der Waals surface area contributed by atoms with Crippen LogP contribution in [0.15, 0.2) is 0 Å². The van der Waals surface area contributed by atoms with E-state index in [9.17, 15) is 9.59 Å². The summed E-state index contributed by atoms with van der Waals surface area (Å²) in [5.74, 6) is -0.0718. The zero-order valence-corrected chi connectivity index (χ0v) is 9.62. The Morgan fingerprint density at radius 2 is 2.20 bits per heavy atom. The fourth-order valence-corrected chi connectivity index (χ4v) is 2.15. The maximum absolute atomic E-state index is 11.9. The van der Waals surface area contributed by atoms with Crippen molar-refractivity contribution in [2.75, 3.05) is 0 Å². The standard InChI is InChI=1S/C12H20O3/c1-3-4-6-10-7-5-8-11(12(10)14)15-9(2)13/h10-11H,3-8H2,1-2H3/t10-,11-/m0/s1. The van der Waals surface area contributed by atoms with Crippen LogP contribution in [0.4, 0.5) is 0 Å². The van der Waals surface area contributed by atoms with E-state index in [1.165, 1.54) is 6.92 Å². The largest absolute Gasteiger partial charge is 0.455 e. The summed E-state index contributed by atoms with van der Waals surface area (Å²) in [6.07, 6.45) is 5.37. The van der Waals surface area contributed by atoms with Crippen LogP contribution in [-0.2, 0) is 14.3 Å². The van der Waals surface area contributed by atoms with Crippen LogP contribution in [0.3, 0.4) is 0 Å². The van der Waals surface area contributed by atoms with Gasteiger partial charge >= 0.3 is 5.97 Å². The first-order valence-electron chi connectivity index (χ1n) is 5.86. The minimum atomic E-state index is -0.460. The summed E-state index contributed by atoms with van der Waals surface area (Å²) in [6.45, 7) is 3.49. The van der Waals surface area contributed by atoms with E-state index < -0.39 is 6.10 Å². The van der Waals surface area contributed by atoms with Gasteiger partial charge in [-0.1, -0.05) is 19.8 Å². The average molecular weight is 212 g/mol. The summed E-state index contributed by atoms with van der Waals surface area (Å²) in [4.78, 5) is 22.7. The van der Waals surface area contributed by atoms with Gasteiger partial charge in [0, 0.05) is 12.8 Å². The predicted molar refractivity (Wildman–Crippen MR) is 57.4 cm³/mol. The van der Waals surface area contributed by atoms with Crippen molar-refractivity contribution in [1.29, 1.82) is 0 Å². The summed E-state index contributed by atoms with van der Waals surface area (Å²) < 4.78 is 5.03. The van der Waals surface area contributed by atoms with Gasteiger partial charge in [0.15, 0.2) is 11.9 Å². The first-order valence-corrected chi connectivity index (χ1v) is 5.86. The first-order chi connectivity index (χ1) is 7.15. The van der Waals surface area contributed by atoms with Gasteiger partial charge in [0.25, 0.3) is 0 Å². The zero-order valence-electron chi connectivity index (χ0n) is 9.62. The van der Waals surface area contributed by atoms with Crippen LogP contribution in [0.1, 0.15) is 52.4 Å². The Morgan fingerprint density at radius 1 is 1.47 bits per heavy atom. The van der Waals surface area contributed by atoms with E-state index in [4.69, 9.17) is 4.74 Å². The Bertz CT molecular complexity index is 235. The SMILES string of the molecule is CCCC[C@H]1CCC[C@H](OC(C)=O)C1=O. The molecule has 0 aromatic heterocycles.